The minimum Gasteiger partial charge on any atom is -0.459 e. The Morgan fingerprint density at radius 2 is 1.79 bits per heavy atom. The van der Waals surface area contributed by atoms with Crippen LogP contribution in [0.15, 0.2) is 81.6 Å². The van der Waals surface area contributed by atoms with Crippen LogP contribution in [-0.2, 0) is 11.4 Å². The van der Waals surface area contributed by atoms with Crippen molar-refractivity contribution in [2.75, 3.05) is 5.32 Å². The first-order valence-electron chi connectivity index (χ1n) is 9.77. The number of furan rings is 2. The molecule has 166 valence electrons. The number of carbonyl (C=O) groups excluding carboxylic acids is 1. The molecule has 0 saturated heterocycles. The molecule has 4 aromatic rings. The molecule has 9 heteroatoms. The molecule has 0 fully saturated rings. The lowest BCUT2D eigenvalue weighted by atomic mass is 10.1. The first kappa shape index (κ1) is 22.1. The van der Waals surface area contributed by atoms with Crippen molar-refractivity contribution >= 4 is 35.0 Å². The number of nitro groups is 1. The summed E-state index contributed by atoms with van der Waals surface area (Å²) < 4.78 is 11.2. The Morgan fingerprint density at radius 3 is 2.55 bits per heavy atom. The van der Waals surface area contributed by atoms with E-state index in [0.717, 1.165) is 0 Å². The molecule has 2 aromatic heterocycles. The van der Waals surface area contributed by atoms with Crippen LogP contribution in [0.25, 0.3) is 28.7 Å². The normalized spacial score (nSPS) is 11.1. The van der Waals surface area contributed by atoms with Gasteiger partial charge in [0.1, 0.15) is 29.6 Å². The Kier molecular flexibility index (Phi) is 6.39. The van der Waals surface area contributed by atoms with Crippen LogP contribution in [0.1, 0.15) is 11.5 Å². The van der Waals surface area contributed by atoms with Gasteiger partial charge in [-0.1, -0.05) is 23.7 Å². The lowest BCUT2D eigenvalue weighted by Crippen LogP contribution is -2.07. The molecule has 8 nitrogen and oxygen atoms in total. The van der Waals surface area contributed by atoms with E-state index in [1.165, 1.54) is 18.2 Å². The molecule has 0 atom stereocenters. The number of halogens is 1. The topological polar surface area (TPSA) is 119 Å². The zero-order valence-electron chi connectivity index (χ0n) is 17.0. The zero-order valence-corrected chi connectivity index (χ0v) is 17.8. The number of benzene rings is 2. The molecule has 0 unspecified atom stereocenters. The number of hydrogen-bond donors (Lipinski definition) is 2. The van der Waals surface area contributed by atoms with E-state index < -0.39 is 10.8 Å². The van der Waals surface area contributed by atoms with Crippen molar-refractivity contribution in [3.8, 4) is 22.6 Å². The van der Waals surface area contributed by atoms with Gasteiger partial charge in [-0.15, -0.1) is 0 Å². The first-order chi connectivity index (χ1) is 15.9. The molecular weight excluding hydrogens is 448 g/mol. The summed E-state index contributed by atoms with van der Waals surface area (Å²) in [5.74, 6) is 1.14. The van der Waals surface area contributed by atoms with Gasteiger partial charge in [-0.25, -0.2) is 0 Å². The van der Waals surface area contributed by atoms with E-state index in [0.29, 0.717) is 44.9 Å². The summed E-state index contributed by atoms with van der Waals surface area (Å²) in [6.07, 6.45) is 2.75. The molecule has 0 aliphatic heterocycles. The number of anilines is 1. The first-order valence-corrected chi connectivity index (χ1v) is 10.1. The van der Waals surface area contributed by atoms with E-state index in [-0.39, 0.29) is 12.3 Å². The number of rotatable bonds is 7. The van der Waals surface area contributed by atoms with E-state index in [9.17, 15) is 14.9 Å². The summed E-state index contributed by atoms with van der Waals surface area (Å²) in [7, 11) is 0. The summed E-state index contributed by atoms with van der Waals surface area (Å²) in [5.41, 5.74) is 1.34. The highest BCUT2D eigenvalue weighted by Gasteiger charge is 2.17. The molecule has 2 heterocycles. The van der Waals surface area contributed by atoms with E-state index in [1.54, 1.807) is 60.7 Å². The van der Waals surface area contributed by atoms with Crippen LogP contribution in [0.5, 0.6) is 0 Å². The molecule has 0 saturated carbocycles. The van der Waals surface area contributed by atoms with E-state index in [4.69, 9.17) is 25.5 Å². The third-order valence-corrected chi connectivity index (χ3v) is 5.04. The molecule has 0 aliphatic carbocycles. The number of aliphatic hydroxyl groups is 1. The van der Waals surface area contributed by atoms with Crippen LogP contribution in [0.3, 0.4) is 0 Å². The van der Waals surface area contributed by atoms with Gasteiger partial charge in [-0.3, -0.25) is 14.9 Å². The van der Waals surface area contributed by atoms with Crippen LogP contribution in [0, 0.1) is 10.1 Å². The highest BCUT2D eigenvalue weighted by molar-refractivity contribution is 6.33. The fourth-order valence-corrected chi connectivity index (χ4v) is 3.38. The van der Waals surface area contributed by atoms with Crippen LogP contribution >= 0.6 is 11.6 Å². The molecule has 4 rings (SSSR count). The maximum absolute atomic E-state index is 12.4. The van der Waals surface area contributed by atoms with Gasteiger partial charge in [0.2, 0.25) is 5.91 Å². The fraction of sp³-hybridized carbons (Fsp3) is 0.0417. The van der Waals surface area contributed by atoms with Gasteiger partial charge in [0.15, 0.2) is 0 Å². The van der Waals surface area contributed by atoms with E-state index in [2.05, 4.69) is 5.32 Å². The van der Waals surface area contributed by atoms with Crippen LogP contribution in [-0.4, -0.2) is 15.9 Å². The highest BCUT2D eigenvalue weighted by Crippen LogP contribution is 2.33. The monoisotopic (exact) mass is 464 g/mol. The van der Waals surface area contributed by atoms with Gasteiger partial charge in [-0.05, 0) is 54.6 Å². The number of hydrogen-bond acceptors (Lipinski definition) is 6. The van der Waals surface area contributed by atoms with Crippen molar-refractivity contribution in [2.24, 2.45) is 0 Å². The van der Waals surface area contributed by atoms with Crippen molar-refractivity contribution in [3.05, 3.63) is 99.5 Å². The minimum atomic E-state index is -0.478. The average molecular weight is 465 g/mol. The lowest BCUT2D eigenvalue weighted by molar-refractivity contribution is -0.384. The Morgan fingerprint density at radius 1 is 1.03 bits per heavy atom. The van der Waals surface area contributed by atoms with Crippen molar-refractivity contribution in [3.63, 3.8) is 0 Å². The smallest absolute Gasteiger partial charge is 0.280 e. The fourth-order valence-electron chi connectivity index (χ4n) is 3.17. The predicted octanol–water partition coefficient (Wildman–Crippen LogP) is 5.91. The quantitative estimate of drug-likeness (QED) is 0.199. The van der Waals surface area contributed by atoms with Crippen LogP contribution < -0.4 is 5.32 Å². The van der Waals surface area contributed by atoms with Crippen molar-refractivity contribution < 1.29 is 23.7 Å². The minimum absolute atomic E-state index is 0.0682. The van der Waals surface area contributed by atoms with Crippen molar-refractivity contribution in [2.45, 2.75) is 6.61 Å². The molecule has 1 amide bonds. The standard InChI is InChI=1S/C24H17ClN2O6/c25-20-9-5-15(13-19(20)23-11-7-17(14-28)33-23)26-24(29)12-8-16-6-10-22(32-16)18-3-1-2-4-21(18)27(30)31/h1-13,28H,14H2,(H,26,29)/b12-8+. The molecule has 0 bridgehead atoms. The summed E-state index contributed by atoms with van der Waals surface area (Å²) in [5, 5.41) is 23.5. The summed E-state index contributed by atoms with van der Waals surface area (Å²) in [6.45, 7) is -0.231. The van der Waals surface area contributed by atoms with Gasteiger partial charge in [-0.2, -0.15) is 0 Å². The Hall–Kier alpha value is -4.14. The second-order valence-corrected chi connectivity index (χ2v) is 7.32. The highest BCUT2D eigenvalue weighted by atomic mass is 35.5. The maximum Gasteiger partial charge on any atom is 0.280 e. The molecule has 0 spiro atoms. The van der Waals surface area contributed by atoms with Crippen LogP contribution in [0.2, 0.25) is 5.02 Å². The van der Waals surface area contributed by atoms with Crippen molar-refractivity contribution in [1.29, 1.82) is 0 Å². The third-order valence-electron chi connectivity index (χ3n) is 4.71. The number of nitrogens with one attached hydrogen (secondary N) is 1. The van der Waals surface area contributed by atoms with Gasteiger partial charge in [0, 0.05) is 23.4 Å². The average Bonchev–Trinajstić information content (AvgIpc) is 3.49. The van der Waals surface area contributed by atoms with Gasteiger partial charge in [0.25, 0.3) is 5.69 Å². The van der Waals surface area contributed by atoms with Gasteiger partial charge in [0.05, 0.1) is 15.5 Å². The number of amides is 1. The summed E-state index contributed by atoms with van der Waals surface area (Å²) in [4.78, 5) is 23.1. The number of para-hydroxylation sites is 1. The zero-order chi connectivity index (χ0) is 23.4. The van der Waals surface area contributed by atoms with Crippen molar-refractivity contribution in [1.82, 2.24) is 0 Å². The van der Waals surface area contributed by atoms with Gasteiger partial charge >= 0.3 is 0 Å². The second kappa shape index (κ2) is 9.56. The van der Waals surface area contributed by atoms with E-state index in [1.807, 2.05) is 0 Å². The molecular formula is C24H17ClN2O6. The Labute approximate surface area is 192 Å². The molecule has 0 radical (unpaired) electrons. The number of nitrogens with zero attached hydrogens (tertiary/aromatic N) is 1. The Bertz CT molecular complexity index is 1350. The van der Waals surface area contributed by atoms with E-state index >= 15 is 0 Å². The SMILES string of the molecule is O=C(/C=C/c1ccc(-c2ccccc2[N+](=O)[O-])o1)Nc1ccc(Cl)c(-c2ccc(CO)o2)c1. The maximum atomic E-state index is 12.4. The predicted molar refractivity (Wildman–Crippen MR) is 124 cm³/mol. The molecule has 33 heavy (non-hydrogen) atoms. The second-order valence-electron chi connectivity index (χ2n) is 6.92. The number of aliphatic hydroxyl groups excluding tert-OH is 1. The largest absolute Gasteiger partial charge is 0.459 e. The lowest BCUT2D eigenvalue weighted by Gasteiger charge is -2.06. The molecule has 2 aromatic carbocycles. The van der Waals surface area contributed by atoms with Gasteiger partial charge < -0.3 is 19.3 Å². The summed E-state index contributed by atoms with van der Waals surface area (Å²) >= 11 is 6.24. The molecule has 2 N–H and O–H groups in total. The number of nitro benzene ring substituents is 1. The third kappa shape index (κ3) is 5.03. The Balaban J connectivity index is 1.47. The molecule has 0 aliphatic rings. The summed E-state index contributed by atoms with van der Waals surface area (Å²) in [6, 6.07) is 17.7. The number of carbonyl (C=O) groups is 1. The van der Waals surface area contributed by atoms with Crippen LogP contribution in [0.4, 0.5) is 11.4 Å².